The highest BCUT2D eigenvalue weighted by Gasteiger charge is 2.05. The lowest BCUT2D eigenvalue weighted by molar-refractivity contribution is 0.0181. The highest BCUT2D eigenvalue weighted by molar-refractivity contribution is 5.88. The van der Waals surface area contributed by atoms with E-state index >= 15 is 0 Å². The van der Waals surface area contributed by atoms with Gasteiger partial charge in [-0.15, -0.1) is 0 Å². The van der Waals surface area contributed by atoms with Crippen molar-refractivity contribution in [3.63, 3.8) is 0 Å². The van der Waals surface area contributed by atoms with E-state index in [2.05, 4.69) is 0 Å². The lowest BCUT2D eigenvalue weighted by atomic mass is 10.1. The molecule has 0 saturated carbocycles. The number of rotatable bonds is 10. The third-order valence-corrected chi connectivity index (χ3v) is 3.12. The molecule has 0 bridgehead atoms. The molecule has 2 rings (SSSR count). The number of fused-ring (bicyclic) bond motifs is 1. The standard InChI is InChI=1S/C17H21FO4/c1-19-8-9-20-10-11-21-12-13-22-17-7-6-16(18)14-4-2-3-5-15(14)17/h2-7H,8-13H2,1H3. The van der Waals surface area contributed by atoms with Crippen molar-refractivity contribution in [3.8, 4) is 5.75 Å². The first-order chi connectivity index (χ1) is 10.8. The van der Waals surface area contributed by atoms with Crippen LogP contribution in [0.1, 0.15) is 0 Å². The van der Waals surface area contributed by atoms with Crippen LogP contribution in [0.5, 0.6) is 5.75 Å². The highest BCUT2D eigenvalue weighted by atomic mass is 19.1. The van der Waals surface area contributed by atoms with Crippen LogP contribution in [0.25, 0.3) is 10.8 Å². The van der Waals surface area contributed by atoms with Gasteiger partial charge < -0.3 is 18.9 Å². The van der Waals surface area contributed by atoms with Crippen LogP contribution in [0.15, 0.2) is 36.4 Å². The van der Waals surface area contributed by atoms with Crippen molar-refractivity contribution < 1.29 is 23.3 Å². The van der Waals surface area contributed by atoms with Crippen molar-refractivity contribution >= 4 is 10.8 Å². The van der Waals surface area contributed by atoms with E-state index in [1.165, 1.54) is 6.07 Å². The molecule has 0 N–H and O–H groups in total. The molecule has 4 nitrogen and oxygen atoms in total. The predicted molar refractivity (Wildman–Crippen MR) is 82.9 cm³/mol. The van der Waals surface area contributed by atoms with Crippen LogP contribution in [0, 0.1) is 5.82 Å². The van der Waals surface area contributed by atoms with Gasteiger partial charge in [0.05, 0.1) is 33.0 Å². The fourth-order valence-electron chi connectivity index (χ4n) is 2.04. The van der Waals surface area contributed by atoms with E-state index in [1.54, 1.807) is 19.2 Å². The molecular formula is C17H21FO4. The quantitative estimate of drug-likeness (QED) is 0.632. The summed E-state index contributed by atoms with van der Waals surface area (Å²) >= 11 is 0. The summed E-state index contributed by atoms with van der Waals surface area (Å²) < 4.78 is 34.9. The van der Waals surface area contributed by atoms with Gasteiger partial charge in [0.15, 0.2) is 0 Å². The van der Waals surface area contributed by atoms with Crippen LogP contribution in [0.3, 0.4) is 0 Å². The summed E-state index contributed by atoms with van der Waals surface area (Å²) in [5.74, 6) is 0.421. The largest absolute Gasteiger partial charge is 0.491 e. The molecule has 2 aromatic rings. The Morgan fingerprint density at radius 3 is 2.14 bits per heavy atom. The minimum Gasteiger partial charge on any atom is -0.491 e. The molecule has 0 spiro atoms. The lowest BCUT2D eigenvalue weighted by Crippen LogP contribution is -2.12. The maximum absolute atomic E-state index is 13.7. The summed E-state index contributed by atoms with van der Waals surface area (Å²) in [4.78, 5) is 0. The first kappa shape index (κ1) is 16.7. The fourth-order valence-corrected chi connectivity index (χ4v) is 2.04. The van der Waals surface area contributed by atoms with E-state index in [0.717, 1.165) is 5.39 Å². The van der Waals surface area contributed by atoms with Gasteiger partial charge in [-0.1, -0.05) is 24.3 Å². The maximum atomic E-state index is 13.7. The van der Waals surface area contributed by atoms with Gasteiger partial charge in [0.1, 0.15) is 18.2 Å². The molecule has 120 valence electrons. The van der Waals surface area contributed by atoms with Gasteiger partial charge in [0.25, 0.3) is 0 Å². The average molecular weight is 308 g/mol. The van der Waals surface area contributed by atoms with Gasteiger partial charge in [-0.05, 0) is 12.1 Å². The van der Waals surface area contributed by atoms with E-state index in [1.807, 2.05) is 18.2 Å². The van der Waals surface area contributed by atoms with Gasteiger partial charge in [-0.25, -0.2) is 4.39 Å². The molecule has 0 unspecified atom stereocenters. The molecule has 0 aliphatic rings. The second-order valence-electron chi connectivity index (χ2n) is 4.66. The van der Waals surface area contributed by atoms with E-state index < -0.39 is 0 Å². The van der Waals surface area contributed by atoms with Gasteiger partial charge in [0.2, 0.25) is 0 Å². The Morgan fingerprint density at radius 1 is 0.773 bits per heavy atom. The molecule has 22 heavy (non-hydrogen) atoms. The summed E-state index contributed by atoms with van der Waals surface area (Å²) in [7, 11) is 1.64. The van der Waals surface area contributed by atoms with Gasteiger partial charge >= 0.3 is 0 Å². The molecule has 5 heteroatoms. The molecule has 0 aliphatic heterocycles. The van der Waals surface area contributed by atoms with Crippen LogP contribution in [-0.4, -0.2) is 46.8 Å². The number of hydrogen-bond acceptors (Lipinski definition) is 4. The van der Waals surface area contributed by atoms with Crippen LogP contribution in [0.2, 0.25) is 0 Å². The van der Waals surface area contributed by atoms with Gasteiger partial charge in [-0.3, -0.25) is 0 Å². The summed E-state index contributed by atoms with van der Waals surface area (Å²) in [5, 5.41) is 1.33. The van der Waals surface area contributed by atoms with E-state index in [-0.39, 0.29) is 5.82 Å². The zero-order valence-electron chi connectivity index (χ0n) is 12.7. The highest BCUT2D eigenvalue weighted by Crippen LogP contribution is 2.27. The molecule has 0 aromatic heterocycles. The summed E-state index contributed by atoms with van der Waals surface area (Å²) in [5.41, 5.74) is 0. The average Bonchev–Trinajstić information content (AvgIpc) is 2.55. The second-order valence-corrected chi connectivity index (χ2v) is 4.66. The van der Waals surface area contributed by atoms with Crippen molar-refractivity contribution in [2.24, 2.45) is 0 Å². The molecular weight excluding hydrogens is 287 g/mol. The summed E-state index contributed by atoms with van der Waals surface area (Å²) in [6.07, 6.45) is 0. The fraction of sp³-hybridized carbons (Fsp3) is 0.412. The smallest absolute Gasteiger partial charge is 0.131 e. The first-order valence-electron chi connectivity index (χ1n) is 7.27. The van der Waals surface area contributed by atoms with Crippen molar-refractivity contribution in [2.45, 2.75) is 0 Å². The Morgan fingerprint density at radius 2 is 1.41 bits per heavy atom. The van der Waals surface area contributed by atoms with Crippen LogP contribution >= 0.6 is 0 Å². The Hall–Kier alpha value is -1.69. The molecule has 0 heterocycles. The molecule has 0 atom stereocenters. The monoisotopic (exact) mass is 308 g/mol. The Labute approximate surface area is 129 Å². The SMILES string of the molecule is COCCOCCOCCOc1ccc(F)c2ccccc12. The van der Waals surface area contributed by atoms with Gasteiger partial charge in [-0.2, -0.15) is 0 Å². The molecule has 2 aromatic carbocycles. The number of ether oxygens (including phenoxy) is 4. The molecule has 0 amide bonds. The molecule has 0 saturated heterocycles. The van der Waals surface area contributed by atoms with Crippen LogP contribution in [0.4, 0.5) is 4.39 Å². The minimum atomic E-state index is -0.243. The number of halogens is 1. The lowest BCUT2D eigenvalue weighted by Gasteiger charge is -2.10. The van der Waals surface area contributed by atoms with E-state index in [0.29, 0.717) is 50.8 Å². The molecule has 0 radical (unpaired) electrons. The molecule has 0 aliphatic carbocycles. The Balaban J connectivity index is 1.71. The van der Waals surface area contributed by atoms with Crippen molar-refractivity contribution in [1.29, 1.82) is 0 Å². The number of methoxy groups -OCH3 is 1. The topological polar surface area (TPSA) is 36.9 Å². The third kappa shape index (κ3) is 4.94. The number of benzene rings is 2. The van der Waals surface area contributed by atoms with Crippen molar-refractivity contribution in [3.05, 3.63) is 42.2 Å². The first-order valence-corrected chi connectivity index (χ1v) is 7.27. The summed E-state index contributed by atoms with van der Waals surface area (Å²) in [6, 6.07) is 10.3. The Bertz CT molecular complexity index is 574. The predicted octanol–water partition coefficient (Wildman–Crippen LogP) is 3.04. The van der Waals surface area contributed by atoms with E-state index in [9.17, 15) is 4.39 Å². The van der Waals surface area contributed by atoms with E-state index in [4.69, 9.17) is 18.9 Å². The van der Waals surface area contributed by atoms with Crippen molar-refractivity contribution in [2.75, 3.05) is 46.8 Å². The van der Waals surface area contributed by atoms with Crippen LogP contribution < -0.4 is 4.74 Å². The van der Waals surface area contributed by atoms with Crippen molar-refractivity contribution in [1.82, 2.24) is 0 Å². The maximum Gasteiger partial charge on any atom is 0.131 e. The minimum absolute atomic E-state index is 0.243. The Kier molecular flexibility index (Phi) is 7.09. The summed E-state index contributed by atoms with van der Waals surface area (Å²) in [6.45, 7) is 3.06. The number of hydrogen-bond donors (Lipinski definition) is 0. The molecule has 0 fully saturated rings. The normalized spacial score (nSPS) is 11.0. The van der Waals surface area contributed by atoms with Crippen LogP contribution in [-0.2, 0) is 14.2 Å². The third-order valence-electron chi connectivity index (χ3n) is 3.12. The zero-order chi connectivity index (χ0) is 15.6. The second kappa shape index (κ2) is 9.35. The zero-order valence-corrected chi connectivity index (χ0v) is 12.7. The van der Waals surface area contributed by atoms with Gasteiger partial charge in [0, 0.05) is 17.9 Å².